The average molecular weight is 595 g/mol. The quantitative estimate of drug-likeness (QED) is 0.176. The number of aryl methyl sites for hydroxylation is 2. The van der Waals surface area contributed by atoms with E-state index in [-0.39, 0.29) is 5.91 Å². The van der Waals surface area contributed by atoms with Gasteiger partial charge in [0.05, 0.1) is 41.2 Å². The van der Waals surface area contributed by atoms with Gasteiger partial charge in [0.15, 0.2) is 0 Å². The second-order valence-corrected chi connectivity index (χ2v) is 10.6. The zero-order valence-corrected chi connectivity index (χ0v) is 25.3. The molecule has 4 aromatic rings. The predicted octanol–water partition coefficient (Wildman–Crippen LogP) is 7.29. The van der Waals surface area contributed by atoms with Crippen molar-refractivity contribution in [3.63, 3.8) is 0 Å². The minimum atomic E-state index is -0.295. The largest absolute Gasteiger partial charge is 0.495 e. The van der Waals surface area contributed by atoms with Crippen molar-refractivity contribution in [1.82, 2.24) is 14.9 Å². The van der Waals surface area contributed by atoms with Crippen molar-refractivity contribution in [2.45, 2.75) is 19.8 Å². The molecule has 0 saturated heterocycles. The van der Waals surface area contributed by atoms with Crippen molar-refractivity contribution in [3.05, 3.63) is 76.4 Å². The number of methoxy groups -OCH3 is 2. The molecule has 0 unspecified atom stereocenters. The van der Waals surface area contributed by atoms with Crippen molar-refractivity contribution in [3.8, 4) is 22.6 Å². The summed E-state index contributed by atoms with van der Waals surface area (Å²) in [7, 11) is 7.18. The van der Waals surface area contributed by atoms with Gasteiger partial charge in [0.2, 0.25) is 11.9 Å². The van der Waals surface area contributed by atoms with Gasteiger partial charge >= 0.3 is 0 Å². The van der Waals surface area contributed by atoms with E-state index in [1.165, 1.54) is 20.3 Å². The number of anilines is 3. The first-order chi connectivity index (χ1) is 19.6. The summed E-state index contributed by atoms with van der Waals surface area (Å²) in [5, 5.41) is 7.78. The molecule has 0 aliphatic rings. The monoisotopic (exact) mass is 593 g/mol. The van der Waals surface area contributed by atoms with Crippen molar-refractivity contribution < 1.29 is 14.3 Å². The Bertz CT molecular complexity index is 1580. The van der Waals surface area contributed by atoms with E-state index in [2.05, 4.69) is 47.3 Å². The number of carbonyl (C=O) groups is 1. The molecular weight excluding hydrogens is 561 g/mol. The fourth-order valence-corrected chi connectivity index (χ4v) is 5.27. The van der Waals surface area contributed by atoms with E-state index >= 15 is 0 Å². The highest BCUT2D eigenvalue weighted by molar-refractivity contribution is 6.41. The fourth-order valence-electron chi connectivity index (χ4n) is 4.55. The molecule has 0 radical (unpaired) electrons. The summed E-state index contributed by atoms with van der Waals surface area (Å²) >= 11 is 13.3. The van der Waals surface area contributed by atoms with Crippen molar-refractivity contribution >= 4 is 57.3 Å². The van der Waals surface area contributed by atoms with Gasteiger partial charge in [-0.2, -0.15) is 0 Å². The van der Waals surface area contributed by atoms with E-state index in [0.29, 0.717) is 44.3 Å². The Hall–Kier alpha value is -3.85. The molecule has 0 spiro atoms. The number of benzene rings is 3. The number of nitrogens with zero attached hydrogens (tertiary/aromatic N) is 3. The maximum Gasteiger partial charge on any atom is 0.247 e. The molecule has 0 atom stereocenters. The van der Waals surface area contributed by atoms with E-state index in [1.807, 2.05) is 31.2 Å². The highest BCUT2D eigenvalue weighted by Gasteiger charge is 2.19. The predicted molar refractivity (Wildman–Crippen MR) is 168 cm³/mol. The third-order valence-corrected chi connectivity index (χ3v) is 7.34. The second kappa shape index (κ2) is 13.2. The summed E-state index contributed by atoms with van der Waals surface area (Å²) in [6, 6.07) is 11.4. The number of nitrogens with one attached hydrogen (secondary N) is 2. The lowest BCUT2D eigenvalue weighted by Gasteiger charge is -2.17. The normalized spacial score (nSPS) is 11.0. The Labute approximate surface area is 250 Å². The van der Waals surface area contributed by atoms with Crippen molar-refractivity contribution in [2.75, 3.05) is 45.5 Å². The van der Waals surface area contributed by atoms with Gasteiger partial charge in [0.25, 0.3) is 0 Å². The van der Waals surface area contributed by atoms with Gasteiger partial charge in [-0.1, -0.05) is 41.9 Å². The fraction of sp³-hybridized carbons (Fsp3) is 0.258. The molecular formula is C31H33Cl2N5O3. The Morgan fingerprint density at radius 1 is 1.07 bits per heavy atom. The Balaban J connectivity index is 1.68. The van der Waals surface area contributed by atoms with Gasteiger partial charge < -0.3 is 25.0 Å². The highest BCUT2D eigenvalue weighted by atomic mass is 35.5. The first-order valence-electron chi connectivity index (χ1n) is 13.0. The van der Waals surface area contributed by atoms with Crippen molar-refractivity contribution in [2.24, 2.45) is 0 Å². The average Bonchev–Trinajstić information content (AvgIpc) is 2.94. The molecule has 0 saturated carbocycles. The van der Waals surface area contributed by atoms with Gasteiger partial charge in [-0.3, -0.25) is 4.79 Å². The summed E-state index contributed by atoms with van der Waals surface area (Å²) in [6.45, 7) is 6.55. The van der Waals surface area contributed by atoms with E-state index in [9.17, 15) is 4.79 Å². The summed E-state index contributed by atoms with van der Waals surface area (Å²) in [4.78, 5) is 23.6. The number of halogens is 2. The molecule has 10 heteroatoms. The smallest absolute Gasteiger partial charge is 0.247 e. The Morgan fingerprint density at radius 2 is 1.78 bits per heavy atom. The molecule has 1 heterocycles. The first-order valence-corrected chi connectivity index (χ1v) is 13.8. The number of carbonyl (C=O) groups excluding carboxylic acids is 1. The number of amides is 1. The molecule has 0 aliphatic heterocycles. The highest BCUT2D eigenvalue weighted by Crippen LogP contribution is 2.46. The van der Waals surface area contributed by atoms with Crippen LogP contribution in [-0.4, -0.2) is 55.6 Å². The summed E-state index contributed by atoms with van der Waals surface area (Å²) in [5.41, 5.74) is 5.53. The van der Waals surface area contributed by atoms with E-state index < -0.39 is 0 Å². The molecule has 1 amide bonds. The number of aromatic nitrogens is 2. The molecule has 0 aliphatic carbocycles. The minimum absolute atomic E-state index is 0.295. The van der Waals surface area contributed by atoms with Crippen LogP contribution in [0.15, 0.2) is 55.3 Å². The van der Waals surface area contributed by atoms with Crippen LogP contribution in [0.2, 0.25) is 10.0 Å². The minimum Gasteiger partial charge on any atom is -0.495 e. The van der Waals surface area contributed by atoms with Crippen LogP contribution >= 0.6 is 23.2 Å². The van der Waals surface area contributed by atoms with Gasteiger partial charge in [-0.15, -0.1) is 0 Å². The molecule has 8 nitrogen and oxygen atoms in total. The van der Waals surface area contributed by atoms with Gasteiger partial charge in [-0.05, 0) is 81.4 Å². The molecule has 0 bridgehead atoms. The van der Waals surface area contributed by atoms with E-state index in [1.54, 1.807) is 12.3 Å². The molecule has 1 aromatic heterocycles. The lowest BCUT2D eigenvalue weighted by atomic mass is 10.0. The third-order valence-electron chi connectivity index (χ3n) is 6.59. The second-order valence-electron chi connectivity index (χ2n) is 9.81. The van der Waals surface area contributed by atoms with Crippen LogP contribution in [-0.2, 0) is 11.2 Å². The number of hydrogen-bond acceptors (Lipinski definition) is 7. The van der Waals surface area contributed by atoms with Crippen LogP contribution < -0.4 is 20.1 Å². The number of fused-ring (bicyclic) bond motifs is 1. The summed E-state index contributed by atoms with van der Waals surface area (Å²) in [5.74, 6) is 1.01. The SMILES string of the molecule is C=CC(=O)Nc1cc(CCCN(C)C)cc(C)c1Nc1ncc2cc(-c3c(Cl)c(OC)cc(OC)c3Cl)ccc2n1. The standard InChI is InChI=1S/C31H33Cl2N5O3/c1-7-26(39)35-23-14-19(9-8-12-38(3)4)13-18(2)30(23)37-31-34-17-21-15-20(10-11-22(21)36-31)27-28(32)24(40-5)16-25(41-6)29(27)33/h7,10-11,13-17H,1,8-9,12H2,2-6H3,(H,35,39)(H,34,36,37). The number of rotatable bonds is 11. The lowest BCUT2D eigenvalue weighted by molar-refractivity contribution is -0.111. The Kier molecular flexibility index (Phi) is 9.70. The van der Waals surface area contributed by atoms with Crippen LogP contribution in [0, 0.1) is 6.92 Å². The van der Waals surface area contributed by atoms with Crippen molar-refractivity contribution in [1.29, 1.82) is 0 Å². The summed E-state index contributed by atoms with van der Waals surface area (Å²) < 4.78 is 10.8. The third kappa shape index (κ3) is 6.90. The Morgan fingerprint density at radius 3 is 2.41 bits per heavy atom. The molecule has 2 N–H and O–H groups in total. The van der Waals surface area contributed by atoms with Gasteiger partial charge in [0.1, 0.15) is 11.5 Å². The molecule has 214 valence electrons. The maximum atomic E-state index is 12.2. The van der Waals surface area contributed by atoms with Crippen LogP contribution in [0.4, 0.5) is 17.3 Å². The van der Waals surface area contributed by atoms with Crippen LogP contribution in [0.3, 0.4) is 0 Å². The maximum absolute atomic E-state index is 12.2. The van der Waals surface area contributed by atoms with E-state index in [0.717, 1.165) is 47.2 Å². The van der Waals surface area contributed by atoms with Gasteiger partial charge in [-0.25, -0.2) is 9.97 Å². The van der Waals surface area contributed by atoms with Crippen LogP contribution in [0.5, 0.6) is 11.5 Å². The first kappa shape index (κ1) is 30.1. The van der Waals surface area contributed by atoms with E-state index in [4.69, 9.17) is 37.7 Å². The zero-order valence-electron chi connectivity index (χ0n) is 23.8. The number of hydrogen-bond donors (Lipinski definition) is 2. The zero-order chi connectivity index (χ0) is 29.7. The van der Waals surface area contributed by atoms with Gasteiger partial charge in [0, 0.05) is 23.2 Å². The molecule has 41 heavy (non-hydrogen) atoms. The topological polar surface area (TPSA) is 88.6 Å². The van der Waals surface area contributed by atoms with Crippen LogP contribution in [0.25, 0.3) is 22.0 Å². The van der Waals surface area contributed by atoms with Crippen LogP contribution in [0.1, 0.15) is 17.5 Å². The lowest BCUT2D eigenvalue weighted by Crippen LogP contribution is -2.14. The molecule has 3 aromatic carbocycles. The number of ether oxygens (including phenoxy) is 2. The molecule has 0 fully saturated rings. The summed E-state index contributed by atoms with van der Waals surface area (Å²) in [6.07, 6.45) is 4.86. The molecule has 4 rings (SSSR count).